The van der Waals surface area contributed by atoms with Crippen molar-refractivity contribution in [2.45, 2.75) is 0 Å². The Balaban J connectivity index is 2.33. The molecule has 8 heteroatoms. The lowest BCUT2D eigenvalue weighted by Crippen LogP contribution is -2.31. The highest BCUT2D eigenvalue weighted by Crippen LogP contribution is 2.39. The first kappa shape index (κ1) is 16.2. The van der Waals surface area contributed by atoms with Crippen LogP contribution in [0, 0.1) is 10.1 Å². The zero-order valence-electron chi connectivity index (χ0n) is 12.6. The molecule has 0 aliphatic heterocycles. The molecule has 2 aromatic rings. The number of hydrogen-bond donors (Lipinski definition) is 1. The Morgan fingerprint density at radius 2 is 2.18 bits per heavy atom. The van der Waals surface area contributed by atoms with Gasteiger partial charge in [0.05, 0.1) is 12.0 Å². The Labute approximate surface area is 131 Å². The predicted molar refractivity (Wildman–Crippen MR) is 85.9 cm³/mol. The summed E-state index contributed by atoms with van der Waals surface area (Å²) in [6.45, 7) is 1.24. The van der Waals surface area contributed by atoms with E-state index in [0.29, 0.717) is 22.6 Å². The number of ether oxygens (including phenoxy) is 1. The highest BCUT2D eigenvalue weighted by atomic mass is 32.1. The molecule has 1 amide bonds. The first-order valence-corrected chi connectivity index (χ1v) is 7.43. The van der Waals surface area contributed by atoms with Gasteiger partial charge < -0.3 is 15.0 Å². The fourth-order valence-electron chi connectivity index (χ4n) is 2.00. The molecule has 0 unspecified atom stereocenters. The third-order valence-corrected chi connectivity index (χ3v) is 4.24. The second-order valence-electron chi connectivity index (χ2n) is 4.96. The monoisotopic (exact) mass is 323 g/mol. The standard InChI is InChI=1S/C14H17N3O4S/c1-16(2)7-6-15-14(18)13-12(21-3)10-8-9(17(19)20)4-5-11(10)22-13/h4-5,8H,6-7H2,1-3H3,(H,15,18). The van der Waals surface area contributed by atoms with E-state index in [1.54, 1.807) is 6.07 Å². The molecule has 1 heterocycles. The molecule has 0 atom stereocenters. The minimum Gasteiger partial charge on any atom is -0.494 e. The Hall–Kier alpha value is -2.19. The molecular formula is C14H17N3O4S. The van der Waals surface area contributed by atoms with Crippen LogP contribution in [-0.4, -0.2) is 50.0 Å². The minimum atomic E-state index is -0.465. The molecule has 0 aliphatic carbocycles. The maximum atomic E-state index is 12.3. The van der Waals surface area contributed by atoms with Crippen molar-refractivity contribution in [2.75, 3.05) is 34.3 Å². The maximum absolute atomic E-state index is 12.3. The molecule has 0 fully saturated rings. The Morgan fingerprint density at radius 1 is 1.45 bits per heavy atom. The molecule has 0 aliphatic rings. The average molecular weight is 323 g/mol. The van der Waals surface area contributed by atoms with Crippen LogP contribution in [0.5, 0.6) is 5.75 Å². The molecular weight excluding hydrogens is 306 g/mol. The van der Waals surface area contributed by atoms with Gasteiger partial charge in [-0.25, -0.2) is 0 Å². The van der Waals surface area contributed by atoms with Gasteiger partial charge in [-0.15, -0.1) is 11.3 Å². The number of nitro groups is 1. The number of nitrogens with one attached hydrogen (secondary N) is 1. The van der Waals surface area contributed by atoms with Crippen molar-refractivity contribution in [1.29, 1.82) is 0 Å². The number of non-ortho nitro benzene ring substituents is 1. The molecule has 1 aromatic heterocycles. The number of hydrogen-bond acceptors (Lipinski definition) is 6. The average Bonchev–Trinajstić information content (AvgIpc) is 2.84. The number of amides is 1. The number of carbonyl (C=O) groups excluding carboxylic acids is 1. The summed E-state index contributed by atoms with van der Waals surface area (Å²) in [5.41, 5.74) is -0.0248. The number of nitro benzene ring substituents is 1. The van der Waals surface area contributed by atoms with Crippen molar-refractivity contribution in [1.82, 2.24) is 10.2 Å². The summed E-state index contributed by atoms with van der Waals surface area (Å²) in [5.74, 6) is 0.147. The predicted octanol–water partition coefficient (Wildman–Crippen LogP) is 2.11. The molecule has 1 N–H and O–H groups in total. The number of benzene rings is 1. The zero-order valence-corrected chi connectivity index (χ0v) is 13.4. The van der Waals surface area contributed by atoms with E-state index in [1.807, 2.05) is 19.0 Å². The van der Waals surface area contributed by atoms with E-state index in [9.17, 15) is 14.9 Å². The van der Waals surface area contributed by atoms with Crippen molar-refractivity contribution in [2.24, 2.45) is 0 Å². The zero-order chi connectivity index (χ0) is 16.3. The lowest BCUT2D eigenvalue weighted by atomic mass is 10.2. The van der Waals surface area contributed by atoms with Gasteiger partial charge in [0.2, 0.25) is 0 Å². The van der Waals surface area contributed by atoms with Gasteiger partial charge in [-0.3, -0.25) is 14.9 Å². The lowest BCUT2D eigenvalue weighted by molar-refractivity contribution is -0.384. The third-order valence-electron chi connectivity index (χ3n) is 3.09. The quantitative estimate of drug-likeness (QED) is 0.650. The van der Waals surface area contributed by atoms with Crippen molar-refractivity contribution < 1.29 is 14.5 Å². The molecule has 1 aromatic carbocycles. The molecule has 0 saturated carbocycles. The van der Waals surface area contributed by atoms with Gasteiger partial charge in [0.25, 0.3) is 11.6 Å². The highest BCUT2D eigenvalue weighted by Gasteiger charge is 2.21. The van der Waals surface area contributed by atoms with Gasteiger partial charge in [-0.05, 0) is 20.2 Å². The van der Waals surface area contributed by atoms with Crippen LogP contribution in [0.2, 0.25) is 0 Å². The van der Waals surface area contributed by atoms with Gasteiger partial charge in [0.15, 0.2) is 5.75 Å². The number of methoxy groups -OCH3 is 1. The van der Waals surface area contributed by atoms with Crippen molar-refractivity contribution in [3.63, 3.8) is 0 Å². The summed E-state index contributed by atoms with van der Waals surface area (Å²) in [4.78, 5) is 25.1. The second-order valence-corrected chi connectivity index (χ2v) is 6.01. The molecule has 2 rings (SSSR count). The van der Waals surface area contributed by atoms with E-state index in [2.05, 4.69) is 5.32 Å². The minimum absolute atomic E-state index is 0.0248. The Bertz CT molecular complexity index is 711. The maximum Gasteiger partial charge on any atom is 0.270 e. The lowest BCUT2D eigenvalue weighted by Gasteiger charge is -2.10. The summed E-state index contributed by atoms with van der Waals surface area (Å²) in [6.07, 6.45) is 0. The van der Waals surface area contributed by atoms with Crippen LogP contribution >= 0.6 is 11.3 Å². The van der Waals surface area contributed by atoms with Crippen LogP contribution in [0.4, 0.5) is 5.69 Å². The van der Waals surface area contributed by atoms with E-state index in [4.69, 9.17) is 4.74 Å². The van der Waals surface area contributed by atoms with Crippen LogP contribution in [0.1, 0.15) is 9.67 Å². The first-order valence-electron chi connectivity index (χ1n) is 6.62. The smallest absolute Gasteiger partial charge is 0.270 e. The largest absolute Gasteiger partial charge is 0.494 e. The van der Waals surface area contributed by atoms with Crippen molar-refractivity contribution in [3.05, 3.63) is 33.2 Å². The summed E-state index contributed by atoms with van der Waals surface area (Å²) in [5, 5.41) is 14.3. The molecule has 7 nitrogen and oxygen atoms in total. The fraction of sp³-hybridized carbons (Fsp3) is 0.357. The molecule has 22 heavy (non-hydrogen) atoms. The third kappa shape index (κ3) is 3.34. The van der Waals surface area contributed by atoms with E-state index in [0.717, 1.165) is 11.2 Å². The molecule has 118 valence electrons. The SMILES string of the molecule is COc1c(C(=O)NCCN(C)C)sc2ccc([N+](=O)[O-])cc12. The summed E-state index contributed by atoms with van der Waals surface area (Å²) >= 11 is 1.26. The number of carbonyl (C=O) groups is 1. The number of likely N-dealkylation sites (N-methyl/N-ethyl adjacent to an activating group) is 1. The Kier molecular flexibility index (Phi) is 4.94. The van der Waals surface area contributed by atoms with Crippen LogP contribution < -0.4 is 10.1 Å². The van der Waals surface area contributed by atoms with Crippen molar-refractivity contribution >= 4 is 33.0 Å². The van der Waals surface area contributed by atoms with E-state index >= 15 is 0 Å². The number of thiophene rings is 1. The van der Waals surface area contributed by atoms with Gasteiger partial charge in [-0.1, -0.05) is 0 Å². The van der Waals surface area contributed by atoms with E-state index in [-0.39, 0.29) is 11.6 Å². The Morgan fingerprint density at radius 3 is 2.77 bits per heavy atom. The second kappa shape index (κ2) is 6.71. The van der Waals surface area contributed by atoms with Crippen molar-refractivity contribution in [3.8, 4) is 5.75 Å². The summed E-state index contributed by atoms with van der Waals surface area (Å²) < 4.78 is 6.08. The summed E-state index contributed by atoms with van der Waals surface area (Å²) in [7, 11) is 5.30. The number of nitrogens with zero attached hydrogens (tertiary/aromatic N) is 2. The van der Waals surface area contributed by atoms with Gasteiger partial charge >= 0.3 is 0 Å². The van der Waals surface area contributed by atoms with Crippen LogP contribution in [0.15, 0.2) is 18.2 Å². The highest BCUT2D eigenvalue weighted by molar-refractivity contribution is 7.21. The van der Waals surface area contributed by atoms with Crippen LogP contribution in [0.25, 0.3) is 10.1 Å². The molecule has 0 spiro atoms. The van der Waals surface area contributed by atoms with E-state index < -0.39 is 4.92 Å². The van der Waals surface area contributed by atoms with E-state index in [1.165, 1.54) is 30.6 Å². The normalized spacial score (nSPS) is 10.9. The molecule has 0 saturated heterocycles. The van der Waals surface area contributed by atoms with Crippen LogP contribution in [0.3, 0.4) is 0 Å². The first-order chi connectivity index (χ1) is 10.4. The number of fused-ring (bicyclic) bond motifs is 1. The van der Waals surface area contributed by atoms with Gasteiger partial charge in [0, 0.05) is 35.3 Å². The molecule has 0 bridgehead atoms. The topological polar surface area (TPSA) is 84.7 Å². The molecule has 0 radical (unpaired) electrons. The fourth-order valence-corrected chi connectivity index (χ4v) is 3.07. The van der Waals surface area contributed by atoms with Gasteiger partial charge in [-0.2, -0.15) is 0 Å². The van der Waals surface area contributed by atoms with Crippen LogP contribution in [-0.2, 0) is 0 Å². The summed E-state index contributed by atoms with van der Waals surface area (Å²) in [6, 6.07) is 4.49. The van der Waals surface area contributed by atoms with Gasteiger partial charge in [0.1, 0.15) is 4.88 Å². The number of rotatable bonds is 6.